The Morgan fingerprint density at radius 3 is 2.56 bits per heavy atom. The van der Waals surface area contributed by atoms with E-state index in [1.165, 1.54) is 11.3 Å². The summed E-state index contributed by atoms with van der Waals surface area (Å²) in [4.78, 5) is 34.7. The van der Waals surface area contributed by atoms with Gasteiger partial charge in [-0.25, -0.2) is 4.99 Å². The van der Waals surface area contributed by atoms with Gasteiger partial charge in [0.15, 0.2) is 4.80 Å². The summed E-state index contributed by atoms with van der Waals surface area (Å²) in [6.45, 7) is 6.80. The zero-order chi connectivity index (χ0) is 26.0. The maximum atomic E-state index is 13.9. The number of nitrogens with zero attached hydrogens (tertiary/aromatic N) is 3. The smallest absolute Gasteiger partial charge is 0.271 e. The van der Waals surface area contributed by atoms with Crippen molar-refractivity contribution in [2.45, 2.75) is 26.8 Å². The van der Waals surface area contributed by atoms with E-state index in [0.29, 0.717) is 50.8 Å². The fourth-order valence-corrected chi connectivity index (χ4v) is 5.99. The molecular formula is C27H28IN3O4S. The Balaban J connectivity index is 2.03. The summed E-state index contributed by atoms with van der Waals surface area (Å²) in [6, 6.07) is 12.6. The van der Waals surface area contributed by atoms with Crippen LogP contribution in [0, 0.1) is 3.57 Å². The molecule has 1 aromatic heterocycles. The molecule has 2 aromatic carbocycles. The molecule has 188 valence electrons. The number of aromatic nitrogens is 1. The first kappa shape index (κ1) is 26.2. The number of ether oxygens (including phenoxy) is 2. The Bertz CT molecular complexity index is 1520. The number of amides is 1. The van der Waals surface area contributed by atoms with Crippen LogP contribution in [0.25, 0.3) is 6.08 Å². The molecule has 0 fully saturated rings. The minimum Gasteiger partial charge on any atom is -0.497 e. The molecule has 0 saturated carbocycles. The number of thiazole rings is 1. The number of benzene rings is 2. The molecule has 1 atom stereocenters. The second kappa shape index (κ2) is 11.0. The van der Waals surface area contributed by atoms with Gasteiger partial charge in [-0.15, -0.1) is 0 Å². The molecule has 36 heavy (non-hydrogen) atoms. The van der Waals surface area contributed by atoms with E-state index in [2.05, 4.69) is 22.6 Å². The molecule has 1 aliphatic rings. The minimum atomic E-state index is -0.711. The highest BCUT2D eigenvalue weighted by Gasteiger charge is 2.36. The van der Waals surface area contributed by atoms with Crippen LogP contribution in [-0.4, -0.2) is 42.7 Å². The molecule has 0 aliphatic carbocycles. The quantitative estimate of drug-likeness (QED) is 0.379. The van der Waals surface area contributed by atoms with E-state index in [4.69, 9.17) is 14.5 Å². The molecule has 1 aliphatic heterocycles. The summed E-state index contributed by atoms with van der Waals surface area (Å²) in [5, 5.41) is 0. The minimum absolute atomic E-state index is 0.150. The van der Waals surface area contributed by atoms with Gasteiger partial charge in [0.05, 0.1) is 30.0 Å². The van der Waals surface area contributed by atoms with E-state index in [9.17, 15) is 9.59 Å². The van der Waals surface area contributed by atoms with E-state index in [1.807, 2.05) is 57.2 Å². The van der Waals surface area contributed by atoms with Crippen LogP contribution in [0.1, 0.15) is 37.9 Å². The van der Waals surface area contributed by atoms with Crippen molar-refractivity contribution in [3.05, 3.63) is 88.1 Å². The molecule has 0 unspecified atom stereocenters. The first-order valence-corrected chi connectivity index (χ1v) is 13.5. The van der Waals surface area contributed by atoms with Gasteiger partial charge in [0.1, 0.15) is 17.5 Å². The average Bonchev–Trinajstić information content (AvgIpc) is 3.17. The second-order valence-corrected chi connectivity index (χ2v) is 10.5. The maximum absolute atomic E-state index is 13.9. The van der Waals surface area contributed by atoms with Gasteiger partial charge in [-0.1, -0.05) is 23.5 Å². The molecule has 0 radical (unpaired) electrons. The van der Waals surface area contributed by atoms with Gasteiger partial charge in [0, 0.05) is 22.2 Å². The van der Waals surface area contributed by atoms with Crippen molar-refractivity contribution in [1.82, 2.24) is 9.47 Å². The molecule has 2 heterocycles. The number of hydrogen-bond donors (Lipinski definition) is 0. The number of likely N-dealkylation sites (N-methyl/N-ethyl adjacent to an activating group) is 1. The van der Waals surface area contributed by atoms with E-state index in [0.717, 1.165) is 9.13 Å². The lowest BCUT2D eigenvalue weighted by Gasteiger charge is -2.30. The van der Waals surface area contributed by atoms with E-state index < -0.39 is 6.04 Å². The Hall–Kier alpha value is -2.92. The van der Waals surface area contributed by atoms with Gasteiger partial charge in [-0.05, 0) is 85.3 Å². The lowest BCUT2D eigenvalue weighted by molar-refractivity contribution is -0.127. The SMILES string of the molecule is CCN(CC)C(=O)C1=C(C)N=c2s/c(=C/c3cccc(I)c3)c(=O)n2[C@H]1c1cc(OC)ccc1OC. The molecule has 1 amide bonds. The van der Waals surface area contributed by atoms with E-state index in [-0.39, 0.29) is 11.5 Å². The third-order valence-corrected chi connectivity index (χ3v) is 7.83. The fraction of sp³-hybridized carbons (Fsp3) is 0.296. The summed E-state index contributed by atoms with van der Waals surface area (Å²) < 4.78 is 14.4. The third-order valence-electron chi connectivity index (χ3n) is 6.18. The molecule has 9 heteroatoms. The molecule has 7 nitrogen and oxygen atoms in total. The number of allylic oxidation sites excluding steroid dienone is 1. The van der Waals surface area contributed by atoms with Gasteiger partial charge in [0.2, 0.25) is 0 Å². The summed E-state index contributed by atoms with van der Waals surface area (Å²) in [7, 11) is 3.16. The van der Waals surface area contributed by atoms with Crippen molar-refractivity contribution >= 4 is 45.9 Å². The lowest BCUT2D eigenvalue weighted by Crippen LogP contribution is -2.43. The van der Waals surface area contributed by atoms with E-state index in [1.54, 1.807) is 35.8 Å². The predicted octanol–water partition coefficient (Wildman–Crippen LogP) is 3.73. The van der Waals surface area contributed by atoms with Crippen LogP contribution in [0.4, 0.5) is 0 Å². The number of rotatable bonds is 7. The fourth-order valence-electron chi connectivity index (χ4n) is 4.37. The van der Waals surface area contributed by atoms with Crippen LogP contribution < -0.4 is 24.4 Å². The molecule has 0 spiro atoms. The first-order chi connectivity index (χ1) is 17.3. The number of carbonyl (C=O) groups is 1. The third kappa shape index (κ3) is 4.86. The van der Waals surface area contributed by atoms with Crippen LogP contribution in [0.15, 0.2) is 63.5 Å². The highest BCUT2D eigenvalue weighted by Crippen LogP contribution is 2.38. The molecule has 0 bridgehead atoms. The highest BCUT2D eigenvalue weighted by molar-refractivity contribution is 14.1. The zero-order valence-corrected chi connectivity index (χ0v) is 23.8. The number of carbonyl (C=O) groups excluding carboxylic acids is 1. The van der Waals surface area contributed by atoms with Crippen molar-refractivity contribution in [1.29, 1.82) is 0 Å². The Kier molecular flexibility index (Phi) is 7.99. The Morgan fingerprint density at radius 2 is 1.92 bits per heavy atom. The van der Waals surface area contributed by atoms with Crippen LogP contribution >= 0.6 is 33.9 Å². The standard InChI is InChI=1S/C27H28IN3O4S/c1-6-30(7-2)26(33)23-16(3)29-27-31(24(23)20-15-19(34-4)11-12-21(20)35-5)25(32)22(36-27)14-17-9-8-10-18(28)13-17/h8-15,24H,6-7H2,1-5H3/b22-14+/t24-/m0/s1. The summed E-state index contributed by atoms with van der Waals surface area (Å²) in [6.07, 6.45) is 1.87. The van der Waals surface area contributed by atoms with Crippen molar-refractivity contribution in [2.75, 3.05) is 27.3 Å². The first-order valence-electron chi connectivity index (χ1n) is 11.6. The largest absolute Gasteiger partial charge is 0.497 e. The van der Waals surface area contributed by atoms with E-state index >= 15 is 0 Å². The number of hydrogen-bond acceptors (Lipinski definition) is 6. The summed E-state index contributed by atoms with van der Waals surface area (Å²) in [5.41, 5.74) is 2.44. The van der Waals surface area contributed by atoms with Gasteiger partial charge in [-0.2, -0.15) is 0 Å². The van der Waals surface area contributed by atoms with Crippen LogP contribution in [0.2, 0.25) is 0 Å². The van der Waals surface area contributed by atoms with Crippen LogP contribution in [0.3, 0.4) is 0 Å². The van der Waals surface area contributed by atoms with Crippen LogP contribution in [-0.2, 0) is 4.79 Å². The van der Waals surface area contributed by atoms with Crippen molar-refractivity contribution in [3.63, 3.8) is 0 Å². The van der Waals surface area contributed by atoms with Crippen molar-refractivity contribution < 1.29 is 14.3 Å². The van der Waals surface area contributed by atoms with Crippen molar-refractivity contribution in [2.24, 2.45) is 4.99 Å². The number of halogens is 1. The Labute approximate surface area is 227 Å². The van der Waals surface area contributed by atoms with Gasteiger partial charge >= 0.3 is 0 Å². The normalized spacial score (nSPS) is 15.4. The topological polar surface area (TPSA) is 73.1 Å². The molecule has 4 rings (SSSR count). The van der Waals surface area contributed by atoms with Crippen molar-refractivity contribution in [3.8, 4) is 11.5 Å². The molecular weight excluding hydrogens is 589 g/mol. The predicted molar refractivity (Wildman–Crippen MR) is 150 cm³/mol. The lowest BCUT2D eigenvalue weighted by atomic mass is 9.93. The average molecular weight is 618 g/mol. The number of fused-ring (bicyclic) bond motifs is 1. The monoisotopic (exact) mass is 617 g/mol. The maximum Gasteiger partial charge on any atom is 0.271 e. The van der Waals surface area contributed by atoms with Gasteiger partial charge < -0.3 is 14.4 Å². The highest BCUT2D eigenvalue weighted by atomic mass is 127. The van der Waals surface area contributed by atoms with Crippen LogP contribution in [0.5, 0.6) is 11.5 Å². The number of methoxy groups -OCH3 is 2. The molecule has 3 aromatic rings. The van der Waals surface area contributed by atoms with Gasteiger partial charge in [0.25, 0.3) is 11.5 Å². The molecule has 0 N–H and O–H groups in total. The zero-order valence-electron chi connectivity index (χ0n) is 20.9. The summed E-state index contributed by atoms with van der Waals surface area (Å²) in [5.74, 6) is 1.02. The van der Waals surface area contributed by atoms with Gasteiger partial charge in [-0.3, -0.25) is 14.2 Å². The second-order valence-electron chi connectivity index (χ2n) is 8.22. The molecule has 0 saturated heterocycles. The summed E-state index contributed by atoms with van der Waals surface area (Å²) >= 11 is 3.57. The Morgan fingerprint density at radius 1 is 1.17 bits per heavy atom.